The summed E-state index contributed by atoms with van der Waals surface area (Å²) in [4.78, 5) is 26.3. The highest BCUT2D eigenvalue weighted by Crippen LogP contribution is 2.14. The van der Waals surface area contributed by atoms with Gasteiger partial charge in [0.15, 0.2) is 5.82 Å². The molecule has 2 heterocycles. The zero-order valence-electron chi connectivity index (χ0n) is 10.6. The maximum Gasteiger partial charge on any atom is 0.290 e. The Kier molecular flexibility index (Phi) is 4.07. The summed E-state index contributed by atoms with van der Waals surface area (Å²) in [6.45, 7) is 2.72. The smallest absolute Gasteiger partial charge is 0.290 e. The molecule has 0 spiro atoms. The molecular weight excluding hydrogens is 246 g/mol. The van der Waals surface area contributed by atoms with Crippen molar-refractivity contribution in [1.29, 1.82) is 0 Å². The van der Waals surface area contributed by atoms with Crippen molar-refractivity contribution in [2.24, 2.45) is 0 Å². The Morgan fingerprint density at radius 2 is 2.26 bits per heavy atom. The summed E-state index contributed by atoms with van der Waals surface area (Å²) in [6.07, 6.45) is 2.33. The van der Waals surface area contributed by atoms with E-state index in [0.29, 0.717) is 29.8 Å². The first kappa shape index (κ1) is 13.0. The topological polar surface area (TPSA) is 99.8 Å². The van der Waals surface area contributed by atoms with Crippen molar-refractivity contribution in [3.63, 3.8) is 0 Å². The Hall–Kier alpha value is -2.44. The Bertz CT molecular complexity index is 637. The van der Waals surface area contributed by atoms with Crippen LogP contribution in [0, 0.1) is 0 Å². The van der Waals surface area contributed by atoms with E-state index in [2.05, 4.69) is 25.8 Å². The van der Waals surface area contributed by atoms with Gasteiger partial charge in [0.05, 0.1) is 5.39 Å². The van der Waals surface area contributed by atoms with Crippen molar-refractivity contribution in [3.05, 3.63) is 28.7 Å². The average molecular weight is 261 g/mol. The van der Waals surface area contributed by atoms with E-state index in [1.807, 2.05) is 0 Å². The lowest BCUT2D eigenvalue weighted by atomic mass is 10.2. The van der Waals surface area contributed by atoms with E-state index in [1.165, 1.54) is 6.92 Å². The third kappa shape index (κ3) is 3.27. The van der Waals surface area contributed by atoms with Gasteiger partial charge in [-0.05, 0) is 18.6 Å². The maximum atomic E-state index is 11.5. The fourth-order valence-electron chi connectivity index (χ4n) is 1.69. The number of hydrogen-bond acceptors (Lipinski definition) is 5. The van der Waals surface area contributed by atoms with Gasteiger partial charge in [0.25, 0.3) is 5.56 Å². The summed E-state index contributed by atoms with van der Waals surface area (Å²) in [5.74, 6) is 0.544. The summed E-state index contributed by atoms with van der Waals surface area (Å²) >= 11 is 0. The zero-order valence-corrected chi connectivity index (χ0v) is 10.6. The molecule has 0 radical (unpaired) electrons. The standard InChI is InChI=1S/C12H15N5O2/c1-8(18)13-6-3-7-15-11-9-4-2-5-14-10(9)12(19)17-16-11/h2,4-5H,3,6-7H2,1H3,(H,13,18)(H,15,16)(H,17,19). The second-order valence-corrected chi connectivity index (χ2v) is 4.06. The van der Waals surface area contributed by atoms with Gasteiger partial charge >= 0.3 is 0 Å². The molecule has 0 aliphatic heterocycles. The van der Waals surface area contributed by atoms with Gasteiger partial charge in [-0.15, -0.1) is 0 Å². The van der Waals surface area contributed by atoms with E-state index >= 15 is 0 Å². The second-order valence-electron chi connectivity index (χ2n) is 4.06. The minimum atomic E-state index is -0.306. The van der Waals surface area contributed by atoms with Gasteiger partial charge in [-0.3, -0.25) is 14.6 Å². The van der Waals surface area contributed by atoms with Crippen LogP contribution >= 0.6 is 0 Å². The number of anilines is 1. The number of carbonyl (C=O) groups is 1. The molecule has 2 aromatic heterocycles. The first-order valence-electron chi connectivity index (χ1n) is 6.00. The number of rotatable bonds is 5. The predicted molar refractivity (Wildman–Crippen MR) is 71.9 cm³/mol. The van der Waals surface area contributed by atoms with Crippen molar-refractivity contribution in [1.82, 2.24) is 20.5 Å². The first-order valence-corrected chi connectivity index (χ1v) is 6.00. The predicted octanol–water partition coefficient (Wildman–Crippen LogP) is 0.256. The lowest BCUT2D eigenvalue weighted by molar-refractivity contribution is -0.118. The van der Waals surface area contributed by atoms with Crippen LogP contribution in [0.4, 0.5) is 5.82 Å². The summed E-state index contributed by atoms with van der Waals surface area (Å²) in [7, 11) is 0. The third-order valence-electron chi connectivity index (χ3n) is 2.57. The van der Waals surface area contributed by atoms with Crippen molar-refractivity contribution < 1.29 is 4.79 Å². The van der Waals surface area contributed by atoms with Crippen LogP contribution in [0.25, 0.3) is 10.9 Å². The number of pyridine rings is 1. The minimum absolute atomic E-state index is 0.0446. The SMILES string of the molecule is CC(=O)NCCCNc1n[nH]c(=O)c2ncccc12. The van der Waals surface area contributed by atoms with Crippen LogP contribution in [0.5, 0.6) is 0 Å². The molecule has 0 unspecified atom stereocenters. The Labute approximate surface area is 109 Å². The summed E-state index contributed by atoms with van der Waals surface area (Å²) in [5, 5.41) is 12.9. The van der Waals surface area contributed by atoms with E-state index in [-0.39, 0.29) is 11.5 Å². The van der Waals surface area contributed by atoms with Gasteiger partial charge in [0.1, 0.15) is 5.52 Å². The Balaban J connectivity index is 2.03. The maximum absolute atomic E-state index is 11.5. The highest BCUT2D eigenvalue weighted by Gasteiger charge is 2.05. The molecule has 3 N–H and O–H groups in total. The number of nitrogens with zero attached hydrogens (tertiary/aromatic N) is 2. The van der Waals surface area contributed by atoms with E-state index in [9.17, 15) is 9.59 Å². The third-order valence-corrected chi connectivity index (χ3v) is 2.57. The van der Waals surface area contributed by atoms with E-state index in [1.54, 1.807) is 18.3 Å². The number of hydrogen-bond donors (Lipinski definition) is 3. The van der Waals surface area contributed by atoms with Crippen molar-refractivity contribution in [2.75, 3.05) is 18.4 Å². The molecular formula is C12H15N5O2. The molecule has 0 saturated carbocycles. The fourth-order valence-corrected chi connectivity index (χ4v) is 1.69. The molecule has 0 aliphatic rings. The van der Waals surface area contributed by atoms with Crippen LogP contribution in [0.3, 0.4) is 0 Å². The Morgan fingerprint density at radius 1 is 1.42 bits per heavy atom. The quantitative estimate of drug-likeness (QED) is 0.670. The number of carbonyl (C=O) groups excluding carboxylic acids is 1. The normalized spacial score (nSPS) is 10.4. The molecule has 0 bridgehead atoms. The van der Waals surface area contributed by atoms with Gasteiger partial charge in [-0.1, -0.05) is 0 Å². The molecule has 0 atom stereocenters. The molecule has 1 amide bonds. The molecule has 0 aliphatic carbocycles. The van der Waals surface area contributed by atoms with E-state index in [4.69, 9.17) is 0 Å². The van der Waals surface area contributed by atoms with Crippen LogP contribution in [0.15, 0.2) is 23.1 Å². The van der Waals surface area contributed by atoms with Crippen LogP contribution in [0.2, 0.25) is 0 Å². The highest BCUT2D eigenvalue weighted by atomic mass is 16.1. The van der Waals surface area contributed by atoms with Gasteiger partial charge in [0.2, 0.25) is 5.91 Å². The molecule has 7 nitrogen and oxygen atoms in total. The first-order chi connectivity index (χ1) is 9.18. The van der Waals surface area contributed by atoms with Crippen LogP contribution in [-0.4, -0.2) is 34.2 Å². The summed E-state index contributed by atoms with van der Waals surface area (Å²) < 4.78 is 0. The number of aromatic amines is 1. The fraction of sp³-hybridized carbons (Fsp3) is 0.333. The summed E-state index contributed by atoms with van der Waals surface area (Å²) in [6, 6.07) is 3.55. The Morgan fingerprint density at radius 3 is 3.05 bits per heavy atom. The molecule has 2 rings (SSSR count). The van der Waals surface area contributed by atoms with Crippen molar-refractivity contribution >= 4 is 22.6 Å². The highest BCUT2D eigenvalue weighted by molar-refractivity contribution is 5.87. The zero-order chi connectivity index (χ0) is 13.7. The van der Waals surface area contributed by atoms with Crippen LogP contribution in [-0.2, 0) is 4.79 Å². The van der Waals surface area contributed by atoms with Crippen molar-refractivity contribution in [3.8, 4) is 0 Å². The second kappa shape index (κ2) is 5.94. The number of H-pyrrole nitrogens is 1. The molecule has 7 heteroatoms. The van der Waals surface area contributed by atoms with Crippen LogP contribution in [0.1, 0.15) is 13.3 Å². The monoisotopic (exact) mass is 261 g/mol. The molecule has 100 valence electrons. The van der Waals surface area contributed by atoms with Gasteiger partial charge < -0.3 is 10.6 Å². The average Bonchev–Trinajstić information content (AvgIpc) is 2.41. The van der Waals surface area contributed by atoms with E-state index in [0.717, 1.165) is 6.42 Å². The van der Waals surface area contributed by atoms with Gasteiger partial charge in [-0.25, -0.2) is 5.10 Å². The molecule has 0 fully saturated rings. The number of nitrogens with one attached hydrogen (secondary N) is 3. The molecule has 2 aromatic rings. The minimum Gasteiger partial charge on any atom is -0.368 e. The van der Waals surface area contributed by atoms with Crippen molar-refractivity contribution in [2.45, 2.75) is 13.3 Å². The summed E-state index contributed by atoms with van der Waals surface area (Å²) in [5.41, 5.74) is 0.0567. The lowest BCUT2D eigenvalue weighted by Gasteiger charge is -2.07. The number of fused-ring (bicyclic) bond motifs is 1. The number of aromatic nitrogens is 3. The molecule has 0 saturated heterocycles. The lowest BCUT2D eigenvalue weighted by Crippen LogP contribution is -2.23. The molecule has 19 heavy (non-hydrogen) atoms. The van der Waals surface area contributed by atoms with Crippen LogP contribution < -0.4 is 16.2 Å². The van der Waals surface area contributed by atoms with E-state index < -0.39 is 0 Å². The largest absolute Gasteiger partial charge is 0.368 e. The molecule has 0 aromatic carbocycles. The number of amides is 1. The van der Waals surface area contributed by atoms with Gasteiger partial charge in [0, 0.05) is 26.2 Å². The van der Waals surface area contributed by atoms with Gasteiger partial charge in [-0.2, -0.15) is 5.10 Å².